The molecule has 0 radical (unpaired) electrons. The van der Waals surface area contributed by atoms with E-state index in [0.717, 1.165) is 32.8 Å². The fourth-order valence-electron chi connectivity index (χ4n) is 5.15. The molecule has 2 N–H and O–H groups in total. The molecule has 172 valence electrons. The molecule has 2 amide bonds. The first-order chi connectivity index (χ1) is 16.5. The van der Waals surface area contributed by atoms with Crippen LogP contribution in [0, 0.1) is 18.8 Å². The van der Waals surface area contributed by atoms with Crippen LogP contribution in [0.5, 0.6) is 0 Å². The molecule has 8 heteroatoms. The van der Waals surface area contributed by atoms with Crippen molar-refractivity contribution >= 4 is 45.7 Å². The summed E-state index contributed by atoms with van der Waals surface area (Å²) < 4.78 is 0. The van der Waals surface area contributed by atoms with E-state index in [2.05, 4.69) is 15.3 Å². The number of benzene rings is 2. The quantitative estimate of drug-likeness (QED) is 0.406. The van der Waals surface area contributed by atoms with Gasteiger partial charge >= 0.3 is 0 Å². The zero-order valence-electron chi connectivity index (χ0n) is 18.5. The van der Waals surface area contributed by atoms with E-state index in [9.17, 15) is 9.59 Å². The third-order valence-electron chi connectivity index (χ3n) is 6.89. The van der Waals surface area contributed by atoms with Gasteiger partial charge in [0.2, 0.25) is 0 Å². The van der Waals surface area contributed by atoms with Crippen molar-refractivity contribution in [3.05, 3.63) is 76.0 Å². The first-order valence-electron chi connectivity index (χ1n) is 11.4. The molecule has 2 fully saturated rings. The molecule has 2 aliphatic rings. The standard InChI is InChI=1S/C26H23ClN4O2S/c1-14-30-23(24(34-14)15-5-4-6-17(27)9-15)26(33)31-13-16-10-19(16)22(31)12-29-25(32)20-11-28-21-8-3-2-7-18(20)21/h2-9,11,16,19,22,28H,10,12-13H2,1H3,(H,29,32)/t16-,19-,22+/m0/s1. The molecule has 0 spiro atoms. The van der Waals surface area contributed by atoms with Gasteiger partial charge in [-0.1, -0.05) is 41.9 Å². The maximum atomic E-state index is 13.7. The highest BCUT2D eigenvalue weighted by molar-refractivity contribution is 7.15. The molecule has 1 aliphatic carbocycles. The SMILES string of the molecule is Cc1nc(C(=O)N2C[C@@H]3C[C@@H]3[C@H]2CNC(=O)c2c[nH]c3ccccc23)c(-c2cccc(Cl)c2)s1. The Balaban J connectivity index is 1.23. The molecule has 6 rings (SSSR count). The molecule has 1 saturated heterocycles. The van der Waals surface area contributed by atoms with Crippen LogP contribution in [0.2, 0.25) is 5.02 Å². The van der Waals surface area contributed by atoms with Gasteiger partial charge in [-0.25, -0.2) is 4.98 Å². The zero-order chi connectivity index (χ0) is 23.4. The van der Waals surface area contributed by atoms with E-state index < -0.39 is 0 Å². The van der Waals surface area contributed by atoms with Gasteiger partial charge < -0.3 is 15.2 Å². The number of H-pyrrole nitrogens is 1. The number of likely N-dealkylation sites (tertiary alicyclic amines) is 1. The van der Waals surface area contributed by atoms with Gasteiger partial charge in [0.25, 0.3) is 11.8 Å². The van der Waals surface area contributed by atoms with Gasteiger partial charge in [-0.05, 0) is 48.9 Å². The van der Waals surface area contributed by atoms with Crippen LogP contribution < -0.4 is 5.32 Å². The summed E-state index contributed by atoms with van der Waals surface area (Å²) in [4.78, 5) is 37.1. The van der Waals surface area contributed by atoms with Gasteiger partial charge in [-0.2, -0.15) is 0 Å². The van der Waals surface area contributed by atoms with Crippen LogP contribution in [0.15, 0.2) is 54.7 Å². The molecular weight excluding hydrogens is 468 g/mol. The summed E-state index contributed by atoms with van der Waals surface area (Å²) in [5.41, 5.74) is 2.92. The van der Waals surface area contributed by atoms with Crippen molar-refractivity contribution in [2.45, 2.75) is 19.4 Å². The van der Waals surface area contributed by atoms with Crippen LogP contribution in [0.25, 0.3) is 21.3 Å². The highest BCUT2D eigenvalue weighted by Gasteiger charge is 2.54. The Kier molecular flexibility index (Phi) is 5.19. The first kappa shape index (κ1) is 21.4. The third kappa shape index (κ3) is 3.69. The van der Waals surface area contributed by atoms with Crippen molar-refractivity contribution in [2.24, 2.45) is 11.8 Å². The van der Waals surface area contributed by atoms with Crippen LogP contribution in [0.3, 0.4) is 0 Å². The molecule has 0 bridgehead atoms. The number of halogens is 1. The van der Waals surface area contributed by atoms with E-state index in [1.165, 1.54) is 11.3 Å². The van der Waals surface area contributed by atoms with E-state index in [4.69, 9.17) is 11.6 Å². The summed E-state index contributed by atoms with van der Waals surface area (Å²) >= 11 is 7.71. The van der Waals surface area contributed by atoms with E-state index in [0.29, 0.717) is 41.2 Å². The molecule has 2 aromatic carbocycles. The number of hydrogen-bond donors (Lipinski definition) is 2. The minimum absolute atomic E-state index is 0.0270. The van der Waals surface area contributed by atoms with E-state index >= 15 is 0 Å². The summed E-state index contributed by atoms with van der Waals surface area (Å²) in [6.07, 6.45) is 2.85. The molecule has 3 atom stereocenters. The summed E-state index contributed by atoms with van der Waals surface area (Å²) in [6, 6.07) is 15.2. The van der Waals surface area contributed by atoms with Crippen LogP contribution in [0.4, 0.5) is 0 Å². The summed E-state index contributed by atoms with van der Waals surface area (Å²) in [5, 5.41) is 5.45. The number of nitrogens with one attached hydrogen (secondary N) is 2. The number of aromatic amines is 1. The van der Waals surface area contributed by atoms with Crippen molar-refractivity contribution in [1.82, 2.24) is 20.2 Å². The highest BCUT2D eigenvalue weighted by atomic mass is 35.5. The Morgan fingerprint density at radius 2 is 2.09 bits per heavy atom. The number of hydrogen-bond acceptors (Lipinski definition) is 4. The number of rotatable bonds is 5. The minimum atomic E-state index is -0.127. The van der Waals surface area contributed by atoms with E-state index in [1.807, 2.05) is 60.4 Å². The van der Waals surface area contributed by atoms with Crippen LogP contribution in [-0.4, -0.2) is 45.8 Å². The topological polar surface area (TPSA) is 78.1 Å². The lowest BCUT2D eigenvalue weighted by molar-refractivity contribution is 0.0690. The number of carbonyl (C=O) groups excluding carboxylic acids is 2. The number of nitrogens with zero attached hydrogens (tertiary/aromatic N) is 2. The summed E-state index contributed by atoms with van der Waals surface area (Å²) in [6.45, 7) is 3.05. The number of fused-ring (bicyclic) bond motifs is 2. The third-order valence-corrected chi connectivity index (χ3v) is 8.15. The number of aromatic nitrogens is 2. The molecule has 1 aliphatic heterocycles. The van der Waals surface area contributed by atoms with Crippen molar-refractivity contribution in [3.63, 3.8) is 0 Å². The lowest BCUT2D eigenvalue weighted by Crippen LogP contribution is -2.45. The second-order valence-corrected chi connectivity index (χ2v) is 10.7. The summed E-state index contributed by atoms with van der Waals surface area (Å²) in [7, 11) is 0. The fourth-order valence-corrected chi connectivity index (χ4v) is 6.25. The normalized spacial score (nSPS) is 21.0. The molecule has 1 saturated carbocycles. The van der Waals surface area contributed by atoms with Gasteiger partial charge in [-0.3, -0.25) is 9.59 Å². The Morgan fingerprint density at radius 3 is 2.94 bits per heavy atom. The number of thiazole rings is 1. The highest BCUT2D eigenvalue weighted by Crippen LogP contribution is 2.50. The van der Waals surface area contributed by atoms with Crippen LogP contribution >= 0.6 is 22.9 Å². The average molecular weight is 491 g/mol. The van der Waals surface area contributed by atoms with Crippen LogP contribution in [0.1, 0.15) is 32.3 Å². The number of carbonyl (C=O) groups is 2. The van der Waals surface area contributed by atoms with Crippen LogP contribution in [-0.2, 0) is 0 Å². The van der Waals surface area contributed by atoms with Gasteiger partial charge in [0, 0.05) is 35.2 Å². The Bertz CT molecular complexity index is 1430. The fraction of sp³-hybridized carbons (Fsp3) is 0.269. The number of aryl methyl sites for hydroxylation is 1. The largest absolute Gasteiger partial charge is 0.360 e. The molecule has 2 aromatic heterocycles. The smallest absolute Gasteiger partial charge is 0.274 e. The molecule has 34 heavy (non-hydrogen) atoms. The van der Waals surface area contributed by atoms with E-state index in [-0.39, 0.29) is 17.9 Å². The molecule has 6 nitrogen and oxygen atoms in total. The number of piperidine rings is 1. The van der Waals surface area contributed by atoms with Gasteiger partial charge in [0.05, 0.1) is 21.5 Å². The first-order valence-corrected chi connectivity index (χ1v) is 12.6. The second-order valence-electron chi connectivity index (χ2n) is 9.06. The van der Waals surface area contributed by atoms with Crippen molar-refractivity contribution in [2.75, 3.05) is 13.1 Å². The second kappa shape index (κ2) is 8.25. The molecular formula is C26H23ClN4O2S. The summed E-state index contributed by atoms with van der Waals surface area (Å²) in [5.74, 6) is 0.741. The Labute approximate surface area is 206 Å². The minimum Gasteiger partial charge on any atom is -0.360 e. The predicted molar refractivity (Wildman–Crippen MR) is 134 cm³/mol. The van der Waals surface area contributed by atoms with Crippen molar-refractivity contribution in [1.29, 1.82) is 0 Å². The number of para-hydroxylation sites is 1. The molecule has 0 unspecified atom stereocenters. The lowest BCUT2D eigenvalue weighted by Gasteiger charge is -2.27. The lowest BCUT2D eigenvalue weighted by atomic mass is 10.1. The average Bonchev–Trinajstić information content (AvgIpc) is 3.17. The van der Waals surface area contributed by atoms with Gasteiger partial charge in [-0.15, -0.1) is 11.3 Å². The molecule has 4 aromatic rings. The Hall–Kier alpha value is -3.16. The monoisotopic (exact) mass is 490 g/mol. The maximum absolute atomic E-state index is 13.7. The van der Waals surface area contributed by atoms with E-state index in [1.54, 1.807) is 6.20 Å². The molecule has 3 heterocycles. The Morgan fingerprint density at radius 1 is 1.24 bits per heavy atom. The number of amides is 2. The maximum Gasteiger partial charge on any atom is 0.274 e. The van der Waals surface area contributed by atoms with Gasteiger partial charge in [0.1, 0.15) is 5.69 Å². The zero-order valence-corrected chi connectivity index (χ0v) is 20.1. The van der Waals surface area contributed by atoms with Crippen molar-refractivity contribution < 1.29 is 9.59 Å². The predicted octanol–water partition coefficient (Wildman–Crippen LogP) is 5.14. The van der Waals surface area contributed by atoms with Gasteiger partial charge in [0.15, 0.2) is 0 Å². The van der Waals surface area contributed by atoms with Crippen molar-refractivity contribution in [3.8, 4) is 10.4 Å².